The molecule has 0 bridgehead atoms. The fraction of sp³-hybridized carbons (Fsp3) is 0.364. The molecule has 0 fully saturated rings. The number of hydrogen-bond donors (Lipinski definition) is 2. The molecular formula is C11H12Cl2N2O4S. The van der Waals surface area contributed by atoms with E-state index in [9.17, 15) is 13.2 Å². The lowest BCUT2D eigenvalue weighted by atomic mass is 9.99. The van der Waals surface area contributed by atoms with Gasteiger partial charge in [-0.2, -0.15) is 0 Å². The summed E-state index contributed by atoms with van der Waals surface area (Å²) in [6.45, 7) is 0. The third kappa shape index (κ3) is 2.94. The molecule has 9 heteroatoms. The fourth-order valence-electron chi connectivity index (χ4n) is 2.06. The minimum atomic E-state index is -3.95. The number of carbonyl (C=O) groups is 1. The van der Waals surface area contributed by atoms with Crippen LogP contribution in [0, 0.1) is 0 Å². The molecule has 0 spiro atoms. The van der Waals surface area contributed by atoms with Crippen molar-refractivity contribution in [1.29, 1.82) is 0 Å². The first-order valence-corrected chi connectivity index (χ1v) is 8.11. The normalized spacial score (nSPS) is 19.5. The summed E-state index contributed by atoms with van der Waals surface area (Å²) in [5, 5.41) is 8.15. The van der Waals surface area contributed by atoms with E-state index in [-0.39, 0.29) is 22.3 Å². The summed E-state index contributed by atoms with van der Waals surface area (Å²) >= 11 is 11.6. The Hall–Kier alpha value is -1.18. The SMILES string of the molecule is O=C(O)C1=CCCCC1S(=O)(=O)Nn1c(Cl)ccc1Cl. The molecule has 1 aromatic heterocycles. The highest BCUT2D eigenvalue weighted by atomic mass is 35.5. The molecule has 1 atom stereocenters. The number of nitrogens with zero attached hydrogens (tertiary/aromatic N) is 1. The molecule has 20 heavy (non-hydrogen) atoms. The van der Waals surface area contributed by atoms with Crippen molar-refractivity contribution in [1.82, 2.24) is 4.68 Å². The van der Waals surface area contributed by atoms with Crippen LogP contribution in [-0.4, -0.2) is 29.4 Å². The summed E-state index contributed by atoms with van der Waals surface area (Å²) in [6.07, 6.45) is 2.84. The molecule has 1 aliphatic rings. The van der Waals surface area contributed by atoms with Crippen molar-refractivity contribution in [2.45, 2.75) is 24.5 Å². The Morgan fingerprint density at radius 1 is 1.35 bits per heavy atom. The van der Waals surface area contributed by atoms with Crippen molar-refractivity contribution in [2.24, 2.45) is 0 Å². The molecule has 2 rings (SSSR count). The molecule has 0 saturated carbocycles. The van der Waals surface area contributed by atoms with E-state index in [1.807, 2.05) is 0 Å². The molecule has 1 aliphatic carbocycles. The highest BCUT2D eigenvalue weighted by Crippen LogP contribution is 2.26. The summed E-state index contributed by atoms with van der Waals surface area (Å²) in [5.41, 5.74) is -0.122. The number of hydrogen-bond acceptors (Lipinski definition) is 3. The molecule has 1 aromatic rings. The van der Waals surface area contributed by atoms with Gasteiger partial charge in [-0.05, 0) is 31.4 Å². The van der Waals surface area contributed by atoms with Gasteiger partial charge >= 0.3 is 5.97 Å². The molecule has 6 nitrogen and oxygen atoms in total. The minimum absolute atomic E-state index is 0.0928. The van der Waals surface area contributed by atoms with Crippen LogP contribution >= 0.6 is 23.2 Å². The average molecular weight is 339 g/mol. The molecule has 2 N–H and O–H groups in total. The van der Waals surface area contributed by atoms with Crippen molar-refractivity contribution < 1.29 is 18.3 Å². The lowest BCUT2D eigenvalue weighted by molar-refractivity contribution is -0.132. The Morgan fingerprint density at radius 3 is 2.50 bits per heavy atom. The van der Waals surface area contributed by atoms with Crippen LogP contribution in [-0.2, 0) is 14.8 Å². The van der Waals surface area contributed by atoms with E-state index in [1.54, 1.807) is 0 Å². The fourth-order valence-corrected chi connectivity index (χ4v) is 4.18. The van der Waals surface area contributed by atoms with Gasteiger partial charge in [0.1, 0.15) is 15.6 Å². The van der Waals surface area contributed by atoms with Gasteiger partial charge in [-0.1, -0.05) is 29.3 Å². The molecule has 0 saturated heterocycles. The van der Waals surface area contributed by atoms with Crippen LogP contribution < -0.4 is 4.83 Å². The second kappa shape index (κ2) is 5.67. The van der Waals surface area contributed by atoms with Crippen molar-refractivity contribution in [3.63, 3.8) is 0 Å². The lowest BCUT2D eigenvalue weighted by Gasteiger charge is -2.23. The smallest absolute Gasteiger partial charge is 0.332 e. The topological polar surface area (TPSA) is 88.4 Å². The maximum atomic E-state index is 12.3. The first-order valence-electron chi connectivity index (χ1n) is 5.80. The first-order chi connectivity index (χ1) is 9.33. The highest BCUT2D eigenvalue weighted by molar-refractivity contribution is 7.93. The standard InChI is InChI=1S/C11H12Cl2N2O4S/c12-9-5-6-10(13)15(9)14-20(18,19)8-4-2-1-3-7(8)11(16)17/h3,5-6,8,14H,1-2,4H2,(H,16,17). The average Bonchev–Trinajstić information content (AvgIpc) is 2.70. The van der Waals surface area contributed by atoms with Gasteiger partial charge in [-0.25, -0.2) is 22.7 Å². The number of halogens is 2. The quantitative estimate of drug-likeness (QED) is 0.880. The molecule has 1 heterocycles. The number of nitrogens with one attached hydrogen (secondary N) is 1. The monoisotopic (exact) mass is 338 g/mol. The van der Waals surface area contributed by atoms with E-state index < -0.39 is 21.2 Å². The predicted octanol–water partition coefficient (Wildman–Crippen LogP) is 2.23. The number of carboxylic acid groups (broad SMARTS) is 1. The molecule has 0 amide bonds. The number of carboxylic acids is 1. The summed E-state index contributed by atoms with van der Waals surface area (Å²) in [4.78, 5) is 13.3. The second-order valence-corrected chi connectivity index (χ2v) is 6.95. The van der Waals surface area contributed by atoms with Crippen LogP contribution in [0.15, 0.2) is 23.8 Å². The second-order valence-electron chi connectivity index (χ2n) is 4.33. The Labute approximate surface area is 126 Å². The van der Waals surface area contributed by atoms with E-state index in [1.165, 1.54) is 18.2 Å². The van der Waals surface area contributed by atoms with Gasteiger partial charge in [0.05, 0.1) is 5.57 Å². The number of allylic oxidation sites excluding steroid dienone is 1. The van der Waals surface area contributed by atoms with Crippen molar-refractivity contribution >= 4 is 39.2 Å². The van der Waals surface area contributed by atoms with Gasteiger partial charge in [-0.3, -0.25) is 0 Å². The summed E-state index contributed by atoms with van der Waals surface area (Å²) in [6, 6.07) is 2.86. The van der Waals surface area contributed by atoms with Crippen molar-refractivity contribution in [3.8, 4) is 0 Å². The van der Waals surface area contributed by atoms with Gasteiger partial charge < -0.3 is 5.11 Å². The Kier molecular flexibility index (Phi) is 4.31. The van der Waals surface area contributed by atoms with Crippen LogP contribution in [0.1, 0.15) is 19.3 Å². The van der Waals surface area contributed by atoms with Gasteiger partial charge in [0.2, 0.25) is 0 Å². The number of rotatable bonds is 4. The zero-order valence-electron chi connectivity index (χ0n) is 10.2. The van der Waals surface area contributed by atoms with Crippen molar-refractivity contribution in [3.05, 3.63) is 34.1 Å². The van der Waals surface area contributed by atoms with E-state index in [0.717, 1.165) is 4.68 Å². The Bertz CT molecular complexity index is 646. The number of aromatic nitrogens is 1. The lowest BCUT2D eigenvalue weighted by Crippen LogP contribution is -2.37. The molecular weight excluding hydrogens is 327 g/mol. The van der Waals surface area contributed by atoms with Crippen LogP contribution in [0.2, 0.25) is 10.3 Å². The third-order valence-corrected chi connectivity index (χ3v) is 5.27. The summed E-state index contributed by atoms with van der Waals surface area (Å²) in [5.74, 6) is -1.23. The number of sulfonamides is 1. The zero-order valence-corrected chi connectivity index (χ0v) is 12.5. The van der Waals surface area contributed by atoms with E-state index >= 15 is 0 Å². The molecule has 0 radical (unpaired) electrons. The van der Waals surface area contributed by atoms with Crippen LogP contribution in [0.5, 0.6) is 0 Å². The van der Waals surface area contributed by atoms with Gasteiger partial charge in [0.15, 0.2) is 0 Å². The molecule has 0 aromatic carbocycles. The predicted molar refractivity (Wildman–Crippen MR) is 76.1 cm³/mol. The first kappa shape index (κ1) is 15.2. The van der Waals surface area contributed by atoms with E-state index in [0.29, 0.717) is 12.8 Å². The highest BCUT2D eigenvalue weighted by Gasteiger charge is 2.35. The Balaban J connectivity index is 2.33. The van der Waals surface area contributed by atoms with Crippen LogP contribution in [0.25, 0.3) is 0 Å². The Morgan fingerprint density at radius 2 is 1.95 bits per heavy atom. The third-order valence-electron chi connectivity index (χ3n) is 3.01. The summed E-state index contributed by atoms with van der Waals surface area (Å²) in [7, 11) is -3.95. The number of aliphatic carboxylic acids is 1. The van der Waals surface area contributed by atoms with Gasteiger partial charge in [-0.15, -0.1) is 0 Å². The molecule has 0 aliphatic heterocycles. The minimum Gasteiger partial charge on any atom is -0.478 e. The molecule has 1 unspecified atom stereocenters. The van der Waals surface area contributed by atoms with Crippen LogP contribution in [0.4, 0.5) is 0 Å². The van der Waals surface area contributed by atoms with Gasteiger partial charge in [0, 0.05) is 0 Å². The van der Waals surface area contributed by atoms with Crippen LogP contribution in [0.3, 0.4) is 0 Å². The van der Waals surface area contributed by atoms with Crippen molar-refractivity contribution in [2.75, 3.05) is 4.83 Å². The maximum Gasteiger partial charge on any atom is 0.332 e. The van der Waals surface area contributed by atoms with E-state index in [2.05, 4.69) is 4.83 Å². The maximum absolute atomic E-state index is 12.3. The van der Waals surface area contributed by atoms with E-state index in [4.69, 9.17) is 28.3 Å². The van der Waals surface area contributed by atoms with Gasteiger partial charge in [0.25, 0.3) is 10.0 Å². The zero-order chi connectivity index (χ0) is 14.9. The largest absolute Gasteiger partial charge is 0.478 e. The molecule has 110 valence electrons. The summed E-state index contributed by atoms with van der Waals surface area (Å²) < 4.78 is 25.6.